The van der Waals surface area contributed by atoms with Crippen LogP contribution < -0.4 is 5.32 Å². The first-order valence-corrected chi connectivity index (χ1v) is 9.23. The Morgan fingerprint density at radius 2 is 2.26 bits per heavy atom. The zero-order chi connectivity index (χ0) is 13.9. The van der Waals surface area contributed by atoms with E-state index in [9.17, 15) is 8.42 Å². The molecule has 7 heteroatoms. The summed E-state index contributed by atoms with van der Waals surface area (Å²) in [4.78, 5) is 3.38. The molecular formula is C12H21N3O2S2. The standard InChI is InChI=1S/C12H21N3O2S2/c1-15(5-6-18-2)19(16,17)12-7-11(14-9-12)8-13-10-3-4-10/h7,9-10,13-14H,3-6,8H2,1-2H3. The highest BCUT2D eigenvalue weighted by molar-refractivity contribution is 7.98. The van der Waals surface area contributed by atoms with E-state index in [1.165, 1.54) is 17.1 Å². The third kappa shape index (κ3) is 3.98. The third-order valence-corrected chi connectivity index (χ3v) is 5.62. The molecule has 0 radical (unpaired) electrons. The Balaban J connectivity index is 1.98. The molecule has 1 aromatic rings. The largest absolute Gasteiger partial charge is 0.363 e. The molecule has 0 atom stereocenters. The molecule has 0 amide bonds. The minimum atomic E-state index is -3.35. The fourth-order valence-corrected chi connectivity index (χ4v) is 3.49. The lowest BCUT2D eigenvalue weighted by Gasteiger charge is -2.15. The number of hydrogen-bond donors (Lipinski definition) is 2. The summed E-state index contributed by atoms with van der Waals surface area (Å²) < 4.78 is 26.0. The highest BCUT2D eigenvalue weighted by atomic mass is 32.2. The topological polar surface area (TPSA) is 65.2 Å². The molecule has 1 heterocycles. The lowest BCUT2D eigenvalue weighted by atomic mass is 10.4. The van der Waals surface area contributed by atoms with Crippen molar-refractivity contribution in [3.63, 3.8) is 0 Å². The summed E-state index contributed by atoms with van der Waals surface area (Å²) in [5.41, 5.74) is 0.920. The van der Waals surface area contributed by atoms with E-state index in [4.69, 9.17) is 0 Å². The summed E-state index contributed by atoms with van der Waals surface area (Å²) in [5.74, 6) is 0.802. The van der Waals surface area contributed by atoms with Crippen molar-refractivity contribution >= 4 is 21.8 Å². The summed E-state index contributed by atoms with van der Waals surface area (Å²) in [6.07, 6.45) is 6.00. The van der Waals surface area contributed by atoms with Crippen molar-refractivity contribution in [2.24, 2.45) is 0 Å². The van der Waals surface area contributed by atoms with E-state index in [1.807, 2.05) is 6.26 Å². The molecule has 1 aliphatic carbocycles. The molecular weight excluding hydrogens is 282 g/mol. The molecule has 1 aromatic heterocycles. The summed E-state index contributed by atoms with van der Waals surface area (Å²) in [6, 6.07) is 2.34. The van der Waals surface area contributed by atoms with Crippen LogP contribution in [0.3, 0.4) is 0 Å². The highest BCUT2D eigenvalue weighted by Crippen LogP contribution is 2.20. The molecule has 0 spiro atoms. The number of nitrogens with one attached hydrogen (secondary N) is 2. The normalized spacial score (nSPS) is 16.2. The number of nitrogens with zero attached hydrogens (tertiary/aromatic N) is 1. The molecule has 108 valence electrons. The summed E-state index contributed by atoms with van der Waals surface area (Å²) >= 11 is 1.64. The molecule has 1 fully saturated rings. The van der Waals surface area contributed by atoms with Crippen LogP contribution in [-0.2, 0) is 16.6 Å². The van der Waals surface area contributed by atoms with Gasteiger partial charge in [0.2, 0.25) is 10.0 Å². The van der Waals surface area contributed by atoms with Crippen molar-refractivity contribution < 1.29 is 8.42 Å². The van der Waals surface area contributed by atoms with Gasteiger partial charge >= 0.3 is 0 Å². The van der Waals surface area contributed by atoms with Crippen molar-refractivity contribution in [3.8, 4) is 0 Å². The van der Waals surface area contributed by atoms with E-state index < -0.39 is 10.0 Å². The fourth-order valence-electron chi connectivity index (χ4n) is 1.73. The first-order chi connectivity index (χ1) is 9.04. The maximum Gasteiger partial charge on any atom is 0.244 e. The van der Waals surface area contributed by atoms with Gasteiger partial charge in [0, 0.05) is 43.8 Å². The minimum absolute atomic E-state index is 0.351. The Morgan fingerprint density at radius 3 is 2.89 bits per heavy atom. The lowest BCUT2D eigenvalue weighted by molar-refractivity contribution is 0.489. The van der Waals surface area contributed by atoms with Crippen LogP contribution in [0.15, 0.2) is 17.2 Å². The summed E-state index contributed by atoms with van der Waals surface area (Å²) in [7, 11) is -1.73. The Bertz CT molecular complexity index is 509. The first-order valence-electron chi connectivity index (χ1n) is 6.40. The van der Waals surface area contributed by atoms with Gasteiger partial charge in [-0.15, -0.1) is 0 Å². The van der Waals surface area contributed by atoms with Crippen LogP contribution in [0.25, 0.3) is 0 Å². The van der Waals surface area contributed by atoms with Gasteiger partial charge in [0.1, 0.15) is 0 Å². The van der Waals surface area contributed by atoms with E-state index in [-0.39, 0.29) is 0 Å². The molecule has 0 unspecified atom stereocenters. The van der Waals surface area contributed by atoms with Crippen LogP contribution in [-0.4, -0.2) is 49.3 Å². The Morgan fingerprint density at radius 1 is 1.53 bits per heavy atom. The van der Waals surface area contributed by atoms with Crippen molar-refractivity contribution in [2.45, 2.75) is 30.3 Å². The summed E-state index contributed by atoms with van der Waals surface area (Å²) in [6.45, 7) is 1.24. The molecule has 0 saturated heterocycles. The molecule has 19 heavy (non-hydrogen) atoms. The van der Waals surface area contributed by atoms with E-state index in [2.05, 4.69) is 10.3 Å². The maximum atomic E-state index is 12.3. The number of sulfonamides is 1. The van der Waals surface area contributed by atoms with E-state index in [0.717, 1.165) is 11.4 Å². The Labute approximate surface area is 119 Å². The zero-order valence-corrected chi connectivity index (χ0v) is 13.0. The molecule has 0 aromatic carbocycles. The summed E-state index contributed by atoms with van der Waals surface area (Å²) in [5, 5.41) is 3.36. The Hall–Kier alpha value is -0.500. The van der Waals surface area contributed by atoms with Crippen LogP contribution in [0, 0.1) is 0 Å². The van der Waals surface area contributed by atoms with E-state index >= 15 is 0 Å². The van der Waals surface area contributed by atoms with Crippen molar-refractivity contribution in [2.75, 3.05) is 25.6 Å². The van der Waals surface area contributed by atoms with Gasteiger partial charge < -0.3 is 10.3 Å². The number of hydrogen-bond acceptors (Lipinski definition) is 4. The number of H-pyrrole nitrogens is 1. The zero-order valence-electron chi connectivity index (χ0n) is 11.3. The molecule has 5 nitrogen and oxygen atoms in total. The minimum Gasteiger partial charge on any atom is -0.363 e. The molecule has 0 aliphatic heterocycles. The molecule has 2 rings (SSSR count). The average Bonchev–Trinajstić information content (AvgIpc) is 3.09. The van der Waals surface area contributed by atoms with Gasteiger partial charge in [-0.2, -0.15) is 11.8 Å². The number of rotatable bonds is 8. The smallest absolute Gasteiger partial charge is 0.244 e. The van der Waals surface area contributed by atoms with E-state index in [0.29, 0.717) is 24.0 Å². The van der Waals surface area contributed by atoms with Gasteiger partial charge in [-0.1, -0.05) is 0 Å². The second kappa shape index (κ2) is 6.30. The maximum absolute atomic E-state index is 12.3. The van der Waals surface area contributed by atoms with Crippen LogP contribution in [0.4, 0.5) is 0 Å². The van der Waals surface area contributed by atoms with Crippen molar-refractivity contribution in [1.82, 2.24) is 14.6 Å². The van der Waals surface area contributed by atoms with Gasteiger partial charge in [0.15, 0.2) is 0 Å². The van der Waals surface area contributed by atoms with E-state index in [1.54, 1.807) is 31.1 Å². The SMILES string of the molecule is CSCCN(C)S(=O)(=O)c1c[nH]c(CNC2CC2)c1. The van der Waals surface area contributed by atoms with Gasteiger partial charge in [0.05, 0.1) is 4.90 Å². The second-order valence-electron chi connectivity index (χ2n) is 4.84. The second-order valence-corrected chi connectivity index (χ2v) is 7.87. The Kier molecular flexibility index (Phi) is 4.94. The van der Waals surface area contributed by atoms with Crippen LogP contribution in [0.1, 0.15) is 18.5 Å². The number of aromatic nitrogens is 1. The van der Waals surface area contributed by atoms with Gasteiger partial charge in [-0.25, -0.2) is 12.7 Å². The molecule has 0 bridgehead atoms. The van der Waals surface area contributed by atoms with Gasteiger partial charge in [-0.05, 0) is 25.2 Å². The molecule has 2 N–H and O–H groups in total. The van der Waals surface area contributed by atoms with Gasteiger partial charge in [0.25, 0.3) is 0 Å². The first kappa shape index (κ1) is 14.9. The quantitative estimate of drug-likeness (QED) is 0.758. The molecule has 1 saturated carbocycles. The predicted molar refractivity (Wildman–Crippen MR) is 78.9 cm³/mol. The average molecular weight is 303 g/mol. The molecule has 1 aliphatic rings. The predicted octanol–water partition coefficient (Wildman–Crippen LogP) is 1.25. The van der Waals surface area contributed by atoms with Crippen LogP contribution in [0.5, 0.6) is 0 Å². The number of aromatic amines is 1. The monoisotopic (exact) mass is 303 g/mol. The van der Waals surface area contributed by atoms with Crippen molar-refractivity contribution in [1.29, 1.82) is 0 Å². The third-order valence-electron chi connectivity index (χ3n) is 3.19. The van der Waals surface area contributed by atoms with Crippen molar-refractivity contribution in [3.05, 3.63) is 18.0 Å². The highest BCUT2D eigenvalue weighted by Gasteiger charge is 2.23. The number of thioether (sulfide) groups is 1. The lowest BCUT2D eigenvalue weighted by Crippen LogP contribution is -2.28. The fraction of sp³-hybridized carbons (Fsp3) is 0.667. The van der Waals surface area contributed by atoms with Crippen LogP contribution >= 0.6 is 11.8 Å². The van der Waals surface area contributed by atoms with Crippen LogP contribution in [0.2, 0.25) is 0 Å². The van der Waals surface area contributed by atoms with Gasteiger partial charge in [-0.3, -0.25) is 0 Å².